The molecule has 0 aromatic heterocycles. The Kier molecular flexibility index (Phi) is 7.48. The highest BCUT2D eigenvalue weighted by Crippen LogP contribution is 2.14. The number of sulfonamides is 1. The number of rotatable bonds is 9. The molecule has 0 spiro atoms. The molecule has 2 rings (SSSR count). The van der Waals surface area contributed by atoms with Crippen molar-refractivity contribution in [1.29, 1.82) is 0 Å². The minimum Gasteiger partial charge on any atom is -0.326 e. The van der Waals surface area contributed by atoms with Gasteiger partial charge in [-0.3, -0.25) is 9.59 Å². The molecule has 150 valence electrons. The molecule has 0 unspecified atom stereocenters. The van der Waals surface area contributed by atoms with E-state index in [0.717, 1.165) is 5.56 Å². The van der Waals surface area contributed by atoms with Crippen molar-refractivity contribution in [2.75, 3.05) is 11.9 Å². The van der Waals surface area contributed by atoms with Crippen LogP contribution in [-0.4, -0.2) is 26.7 Å². The summed E-state index contributed by atoms with van der Waals surface area (Å²) in [4.78, 5) is 23.8. The van der Waals surface area contributed by atoms with Gasteiger partial charge in [0.05, 0.1) is 4.90 Å². The number of carbonyl (C=O) groups is 2. The zero-order chi connectivity index (χ0) is 20.7. The second kappa shape index (κ2) is 9.61. The van der Waals surface area contributed by atoms with Crippen LogP contribution in [0.15, 0.2) is 53.4 Å². The summed E-state index contributed by atoms with van der Waals surface area (Å²) in [5.41, 5.74) is 1.99. The van der Waals surface area contributed by atoms with Crippen molar-refractivity contribution in [2.24, 2.45) is 5.92 Å². The largest absolute Gasteiger partial charge is 0.326 e. The van der Waals surface area contributed by atoms with E-state index in [1.165, 1.54) is 6.92 Å². The lowest BCUT2D eigenvalue weighted by Crippen LogP contribution is -2.27. The fourth-order valence-corrected chi connectivity index (χ4v) is 3.71. The monoisotopic (exact) mass is 402 g/mol. The number of carbonyl (C=O) groups excluding carboxylic acids is 2. The molecule has 7 heteroatoms. The number of Topliss-reactive ketones (excluding diaryl/α,β-unsaturated/α-hetero) is 1. The molecule has 0 bridgehead atoms. The third-order valence-electron chi connectivity index (χ3n) is 4.11. The Morgan fingerprint density at radius 2 is 1.71 bits per heavy atom. The predicted molar refractivity (Wildman–Crippen MR) is 110 cm³/mol. The third-order valence-corrected chi connectivity index (χ3v) is 5.55. The number of hydrogen-bond donors (Lipinski definition) is 2. The molecule has 0 saturated carbocycles. The highest BCUT2D eigenvalue weighted by Gasteiger charge is 2.14. The van der Waals surface area contributed by atoms with E-state index in [-0.39, 0.29) is 28.9 Å². The molecular formula is C21H26N2O4S. The minimum absolute atomic E-state index is 0.0611. The highest BCUT2D eigenvalue weighted by atomic mass is 32.2. The smallest absolute Gasteiger partial charge is 0.240 e. The predicted octanol–water partition coefficient (Wildman–Crippen LogP) is 3.39. The van der Waals surface area contributed by atoms with Crippen molar-refractivity contribution in [3.63, 3.8) is 0 Å². The van der Waals surface area contributed by atoms with Gasteiger partial charge in [0.25, 0.3) is 0 Å². The van der Waals surface area contributed by atoms with Crippen LogP contribution >= 0.6 is 0 Å². The first-order chi connectivity index (χ1) is 13.2. The van der Waals surface area contributed by atoms with E-state index in [1.807, 2.05) is 13.8 Å². The molecule has 2 aromatic carbocycles. The lowest BCUT2D eigenvalue weighted by Gasteiger charge is -2.10. The van der Waals surface area contributed by atoms with Crippen molar-refractivity contribution in [1.82, 2.24) is 4.72 Å². The van der Waals surface area contributed by atoms with Gasteiger partial charge in [0.2, 0.25) is 15.9 Å². The van der Waals surface area contributed by atoms with E-state index < -0.39 is 10.0 Å². The average Bonchev–Trinajstić information content (AvgIpc) is 2.65. The van der Waals surface area contributed by atoms with E-state index in [0.29, 0.717) is 24.2 Å². The normalized spacial score (nSPS) is 11.4. The Balaban J connectivity index is 1.91. The Morgan fingerprint density at radius 3 is 2.32 bits per heavy atom. The molecule has 0 heterocycles. The van der Waals surface area contributed by atoms with Gasteiger partial charge in [-0.05, 0) is 49.1 Å². The van der Waals surface area contributed by atoms with Crippen molar-refractivity contribution >= 4 is 27.4 Å². The minimum atomic E-state index is -3.51. The molecule has 0 radical (unpaired) electrons. The Morgan fingerprint density at radius 1 is 1.04 bits per heavy atom. The van der Waals surface area contributed by atoms with Gasteiger partial charge in [-0.2, -0.15) is 0 Å². The van der Waals surface area contributed by atoms with E-state index in [9.17, 15) is 18.0 Å². The number of amides is 1. The summed E-state index contributed by atoms with van der Waals surface area (Å²) in [6.45, 7) is 5.73. The molecule has 0 atom stereocenters. The molecule has 0 saturated heterocycles. The van der Waals surface area contributed by atoms with Crippen LogP contribution in [-0.2, 0) is 21.2 Å². The van der Waals surface area contributed by atoms with Crippen LogP contribution in [0.2, 0.25) is 0 Å². The van der Waals surface area contributed by atoms with Crippen LogP contribution in [0.1, 0.15) is 43.1 Å². The van der Waals surface area contributed by atoms with Crippen LogP contribution in [0, 0.1) is 5.92 Å². The number of nitrogens with one attached hydrogen (secondary N) is 2. The lowest BCUT2D eigenvalue weighted by molar-refractivity contribution is -0.116. The Labute approximate surface area is 166 Å². The number of anilines is 1. The molecule has 0 aliphatic heterocycles. The van der Waals surface area contributed by atoms with Crippen LogP contribution in [0.3, 0.4) is 0 Å². The Bertz CT molecular complexity index is 935. The van der Waals surface area contributed by atoms with Gasteiger partial charge in [-0.25, -0.2) is 13.1 Å². The zero-order valence-electron chi connectivity index (χ0n) is 16.4. The van der Waals surface area contributed by atoms with Crippen molar-refractivity contribution in [3.8, 4) is 0 Å². The number of aryl methyl sites for hydroxylation is 1. The fraction of sp³-hybridized carbons (Fsp3) is 0.333. The van der Waals surface area contributed by atoms with Crippen molar-refractivity contribution < 1.29 is 18.0 Å². The van der Waals surface area contributed by atoms with Crippen LogP contribution in [0.25, 0.3) is 0 Å². The summed E-state index contributed by atoms with van der Waals surface area (Å²) in [7, 11) is -3.51. The molecule has 0 aliphatic carbocycles. The average molecular weight is 403 g/mol. The van der Waals surface area contributed by atoms with Gasteiger partial charge >= 0.3 is 0 Å². The summed E-state index contributed by atoms with van der Waals surface area (Å²) in [6, 6.07) is 13.3. The topological polar surface area (TPSA) is 92.3 Å². The highest BCUT2D eigenvalue weighted by molar-refractivity contribution is 7.89. The zero-order valence-corrected chi connectivity index (χ0v) is 17.2. The first-order valence-corrected chi connectivity index (χ1v) is 10.6. The maximum absolute atomic E-state index is 12.2. The van der Waals surface area contributed by atoms with E-state index >= 15 is 0 Å². The summed E-state index contributed by atoms with van der Waals surface area (Å²) in [5, 5.41) is 2.77. The maximum atomic E-state index is 12.2. The molecular weight excluding hydrogens is 376 g/mol. The third kappa shape index (κ3) is 6.58. The van der Waals surface area contributed by atoms with Crippen molar-refractivity contribution in [2.45, 2.75) is 38.5 Å². The summed E-state index contributed by atoms with van der Waals surface area (Å²) >= 11 is 0. The van der Waals surface area contributed by atoms with Crippen LogP contribution in [0.5, 0.6) is 0 Å². The van der Waals surface area contributed by atoms with E-state index in [2.05, 4.69) is 10.0 Å². The second-order valence-corrected chi connectivity index (χ2v) is 8.84. The molecule has 6 nitrogen and oxygen atoms in total. The fourth-order valence-electron chi connectivity index (χ4n) is 2.49. The van der Waals surface area contributed by atoms with E-state index in [4.69, 9.17) is 0 Å². The standard InChI is InChI=1S/C21H26N2O4S/c1-15(2)14-22-28(26,27)20-10-7-17(8-11-20)9-12-21(25)23-19-6-4-5-18(13-19)16(3)24/h4-8,10-11,13,15,22H,9,12,14H2,1-3H3,(H,23,25). The lowest BCUT2D eigenvalue weighted by atomic mass is 10.1. The first kappa shape index (κ1) is 21.8. The number of benzene rings is 2. The molecule has 2 N–H and O–H groups in total. The van der Waals surface area contributed by atoms with Gasteiger partial charge in [0.1, 0.15) is 0 Å². The summed E-state index contributed by atoms with van der Waals surface area (Å²) in [6.07, 6.45) is 0.736. The maximum Gasteiger partial charge on any atom is 0.240 e. The van der Waals surface area contributed by atoms with E-state index in [1.54, 1.807) is 48.5 Å². The van der Waals surface area contributed by atoms with Gasteiger partial charge in [-0.1, -0.05) is 38.1 Å². The number of hydrogen-bond acceptors (Lipinski definition) is 4. The van der Waals surface area contributed by atoms with Crippen molar-refractivity contribution in [3.05, 3.63) is 59.7 Å². The van der Waals surface area contributed by atoms with Crippen LogP contribution < -0.4 is 10.0 Å². The SMILES string of the molecule is CC(=O)c1cccc(NC(=O)CCc2ccc(S(=O)(=O)NCC(C)C)cc2)c1. The molecule has 0 aliphatic rings. The summed E-state index contributed by atoms with van der Waals surface area (Å²) in [5.74, 6) is -0.00581. The Hall–Kier alpha value is -2.51. The van der Waals surface area contributed by atoms with Gasteiger partial charge in [0.15, 0.2) is 5.78 Å². The van der Waals surface area contributed by atoms with Crippen LogP contribution in [0.4, 0.5) is 5.69 Å². The second-order valence-electron chi connectivity index (χ2n) is 7.07. The first-order valence-electron chi connectivity index (χ1n) is 9.17. The molecule has 1 amide bonds. The molecule has 0 fully saturated rings. The number of ketones is 1. The summed E-state index contributed by atoms with van der Waals surface area (Å²) < 4.78 is 27.0. The van der Waals surface area contributed by atoms with Gasteiger partial charge < -0.3 is 5.32 Å². The molecule has 28 heavy (non-hydrogen) atoms. The van der Waals surface area contributed by atoms with Gasteiger partial charge in [0, 0.05) is 24.2 Å². The quantitative estimate of drug-likeness (QED) is 0.629. The molecule has 2 aromatic rings. The van der Waals surface area contributed by atoms with Gasteiger partial charge in [-0.15, -0.1) is 0 Å².